The number of nitrogens with one attached hydrogen (secondary N) is 2. The van der Waals surface area contributed by atoms with Gasteiger partial charge in [-0.15, -0.1) is 0 Å². The minimum Gasteiger partial charge on any atom is -0.355 e. The second kappa shape index (κ2) is 6.89. The van der Waals surface area contributed by atoms with E-state index in [1.165, 1.54) is 0 Å². The lowest BCUT2D eigenvalue weighted by Crippen LogP contribution is -2.47. The highest BCUT2D eigenvalue weighted by molar-refractivity contribution is 5.83. The summed E-state index contributed by atoms with van der Waals surface area (Å²) in [6.45, 7) is 6.33. The van der Waals surface area contributed by atoms with Gasteiger partial charge >= 0.3 is 0 Å². The third kappa shape index (κ3) is 3.93. The Labute approximate surface area is 115 Å². The zero-order valence-corrected chi connectivity index (χ0v) is 11.8. The summed E-state index contributed by atoms with van der Waals surface area (Å²) in [5.74, 6) is 0.911. The predicted molar refractivity (Wildman–Crippen MR) is 73.6 cm³/mol. The van der Waals surface area contributed by atoms with E-state index < -0.39 is 0 Å². The average Bonchev–Trinajstić information content (AvgIpc) is 2.46. The predicted octanol–water partition coefficient (Wildman–Crippen LogP) is 0.361. The number of nitrogens with zero attached hydrogens (tertiary/aromatic N) is 1. The van der Waals surface area contributed by atoms with Crippen LogP contribution in [-0.2, 0) is 9.59 Å². The van der Waals surface area contributed by atoms with Crippen LogP contribution in [0, 0.1) is 11.8 Å². The Bertz CT molecular complexity index is 317. The Morgan fingerprint density at radius 2 is 2.05 bits per heavy atom. The van der Waals surface area contributed by atoms with Gasteiger partial charge in [0.25, 0.3) is 0 Å². The second-order valence-corrected chi connectivity index (χ2v) is 5.61. The Morgan fingerprint density at radius 1 is 1.32 bits per heavy atom. The molecule has 2 heterocycles. The van der Waals surface area contributed by atoms with Gasteiger partial charge in [-0.05, 0) is 45.2 Å². The molecule has 0 aromatic rings. The lowest BCUT2D eigenvalue weighted by atomic mass is 9.94. The molecule has 2 N–H and O–H groups in total. The highest BCUT2D eigenvalue weighted by Crippen LogP contribution is 2.18. The molecular weight excluding hydrogens is 242 g/mol. The Morgan fingerprint density at radius 3 is 2.63 bits per heavy atom. The number of carbonyl (C=O) groups is 2. The zero-order valence-electron chi connectivity index (χ0n) is 11.8. The summed E-state index contributed by atoms with van der Waals surface area (Å²) in [6, 6.07) is 0. The standard InChI is InChI=1S/C14H25N3O2/c1-2-17(10-11-5-7-15-8-6-11)14(19)12-3-4-13(18)16-9-12/h11-12,15H,2-10H2,1H3,(H,16,18). The third-order valence-electron chi connectivity index (χ3n) is 4.25. The van der Waals surface area contributed by atoms with E-state index in [1.807, 2.05) is 11.8 Å². The second-order valence-electron chi connectivity index (χ2n) is 5.61. The van der Waals surface area contributed by atoms with Crippen molar-refractivity contribution in [1.29, 1.82) is 0 Å². The molecule has 2 saturated heterocycles. The lowest BCUT2D eigenvalue weighted by molar-refractivity contribution is -0.138. The first-order valence-corrected chi connectivity index (χ1v) is 7.47. The Hall–Kier alpha value is -1.10. The summed E-state index contributed by atoms with van der Waals surface area (Å²) in [7, 11) is 0. The number of piperidine rings is 2. The van der Waals surface area contributed by atoms with E-state index in [0.29, 0.717) is 25.3 Å². The first-order chi connectivity index (χ1) is 9.20. The largest absolute Gasteiger partial charge is 0.355 e. The smallest absolute Gasteiger partial charge is 0.227 e. The Balaban J connectivity index is 1.85. The monoisotopic (exact) mass is 267 g/mol. The van der Waals surface area contributed by atoms with Gasteiger partial charge in [0.05, 0.1) is 5.92 Å². The number of hydrogen-bond donors (Lipinski definition) is 2. The van der Waals surface area contributed by atoms with Crippen molar-refractivity contribution in [2.75, 3.05) is 32.7 Å². The molecule has 1 unspecified atom stereocenters. The topological polar surface area (TPSA) is 61.4 Å². The summed E-state index contributed by atoms with van der Waals surface area (Å²) in [5.41, 5.74) is 0. The van der Waals surface area contributed by atoms with Crippen molar-refractivity contribution >= 4 is 11.8 Å². The molecule has 2 aliphatic rings. The van der Waals surface area contributed by atoms with Gasteiger partial charge < -0.3 is 15.5 Å². The lowest BCUT2D eigenvalue weighted by Gasteiger charge is -2.33. The molecule has 0 aromatic carbocycles. The fraction of sp³-hybridized carbons (Fsp3) is 0.857. The van der Waals surface area contributed by atoms with Crippen molar-refractivity contribution in [1.82, 2.24) is 15.5 Å². The molecule has 0 radical (unpaired) electrons. The van der Waals surface area contributed by atoms with Crippen molar-refractivity contribution in [2.45, 2.75) is 32.6 Å². The first-order valence-electron chi connectivity index (χ1n) is 7.47. The van der Waals surface area contributed by atoms with Crippen molar-refractivity contribution in [3.05, 3.63) is 0 Å². The van der Waals surface area contributed by atoms with E-state index in [-0.39, 0.29) is 17.7 Å². The number of hydrogen-bond acceptors (Lipinski definition) is 3. The van der Waals surface area contributed by atoms with Gasteiger partial charge in [-0.1, -0.05) is 0 Å². The van der Waals surface area contributed by atoms with E-state index in [2.05, 4.69) is 10.6 Å². The molecule has 5 heteroatoms. The molecule has 2 amide bonds. The number of amides is 2. The third-order valence-corrected chi connectivity index (χ3v) is 4.25. The molecule has 0 saturated carbocycles. The molecule has 0 aromatic heterocycles. The highest BCUT2D eigenvalue weighted by atomic mass is 16.2. The van der Waals surface area contributed by atoms with Crippen LogP contribution < -0.4 is 10.6 Å². The maximum atomic E-state index is 12.5. The van der Waals surface area contributed by atoms with Gasteiger partial charge in [-0.2, -0.15) is 0 Å². The van der Waals surface area contributed by atoms with Crippen LogP contribution in [0.2, 0.25) is 0 Å². The van der Waals surface area contributed by atoms with Crippen molar-refractivity contribution in [3.8, 4) is 0 Å². The van der Waals surface area contributed by atoms with Crippen molar-refractivity contribution < 1.29 is 9.59 Å². The van der Waals surface area contributed by atoms with Crippen LogP contribution >= 0.6 is 0 Å². The van der Waals surface area contributed by atoms with E-state index in [9.17, 15) is 9.59 Å². The summed E-state index contributed by atoms with van der Waals surface area (Å²) < 4.78 is 0. The minimum atomic E-state index is -0.0145. The summed E-state index contributed by atoms with van der Waals surface area (Å²) in [4.78, 5) is 25.6. The molecule has 0 spiro atoms. The minimum absolute atomic E-state index is 0.0145. The molecule has 0 bridgehead atoms. The van der Waals surface area contributed by atoms with Crippen LogP contribution in [0.15, 0.2) is 0 Å². The van der Waals surface area contributed by atoms with Gasteiger partial charge in [0.15, 0.2) is 0 Å². The van der Waals surface area contributed by atoms with E-state index >= 15 is 0 Å². The van der Waals surface area contributed by atoms with E-state index in [4.69, 9.17) is 0 Å². The molecule has 2 fully saturated rings. The van der Waals surface area contributed by atoms with Gasteiger partial charge in [0.1, 0.15) is 0 Å². The molecule has 19 heavy (non-hydrogen) atoms. The van der Waals surface area contributed by atoms with Crippen LogP contribution in [0.3, 0.4) is 0 Å². The fourth-order valence-corrected chi connectivity index (χ4v) is 2.95. The highest BCUT2D eigenvalue weighted by Gasteiger charge is 2.29. The summed E-state index contributed by atoms with van der Waals surface area (Å²) in [5, 5.41) is 6.15. The molecule has 108 valence electrons. The van der Waals surface area contributed by atoms with Gasteiger partial charge in [-0.3, -0.25) is 9.59 Å². The van der Waals surface area contributed by atoms with Crippen LogP contribution in [0.5, 0.6) is 0 Å². The van der Waals surface area contributed by atoms with E-state index in [1.54, 1.807) is 0 Å². The summed E-state index contributed by atoms with van der Waals surface area (Å²) in [6.07, 6.45) is 3.51. The van der Waals surface area contributed by atoms with Gasteiger partial charge in [-0.25, -0.2) is 0 Å². The number of carbonyl (C=O) groups excluding carboxylic acids is 2. The van der Waals surface area contributed by atoms with Gasteiger partial charge in [0, 0.05) is 26.1 Å². The molecule has 1 atom stereocenters. The van der Waals surface area contributed by atoms with Crippen LogP contribution in [0.1, 0.15) is 32.6 Å². The number of rotatable bonds is 4. The van der Waals surface area contributed by atoms with Crippen molar-refractivity contribution in [3.63, 3.8) is 0 Å². The van der Waals surface area contributed by atoms with Crippen LogP contribution in [0.4, 0.5) is 0 Å². The molecule has 5 nitrogen and oxygen atoms in total. The molecule has 2 aliphatic heterocycles. The molecule has 2 rings (SSSR count). The summed E-state index contributed by atoms with van der Waals surface area (Å²) >= 11 is 0. The molecular formula is C14H25N3O2. The van der Waals surface area contributed by atoms with E-state index in [0.717, 1.165) is 39.0 Å². The quantitative estimate of drug-likeness (QED) is 0.773. The van der Waals surface area contributed by atoms with Crippen molar-refractivity contribution in [2.24, 2.45) is 11.8 Å². The average molecular weight is 267 g/mol. The van der Waals surface area contributed by atoms with Gasteiger partial charge in [0.2, 0.25) is 11.8 Å². The normalized spacial score (nSPS) is 24.9. The first kappa shape index (κ1) is 14.3. The zero-order chi connectivity index (χ0) is 13.7. The molecule has 0 aliphatic carbocycles. The maximum absolute atomic E-state index is 12.5. The van der Waals surface area contributed by atoms with Crippen LogP contribution in [-0.4, -0.2) is 49.4 Å². The van der Waals surface area contributed by atoms with Crippen LogP contribution in [0.25, 0.3) is 0 Å². The Kier molecular flexibility index (Phi) is 5.19. The fourth-order valence-electron chi connectivity index (χ4n) is 2.95. The maximum Gasteiger partial charge on any atom is 0.227 e. The SMILES string of the molecule is CCN(CC1CCNCC1)C(=O)C1CCC(=O)NC1.